The Labute approximate surface area is 139 Å². The van der Waals surface area contributed by atoms with Gasteiger partial charge in [-0.15, -0.1) is 24.0 Å². The third kappa shape index (κ3) is 3.93. The van der Waals surface area contributed by atoms with E-state index in [4.69, 9.17) is 15.3 Å². The molecule has 0 unspecified atom stereocenters. The fourth-order valence-corrected chi connectivity index (χ4v) is 1.80. The summed E-state index contributed by atoms with van der Waals surface area (Å²) in [5.41, 5.74) is 10.00. The number of halogens is 1. The van der Waals surface area contributed by atoms with Crippen molar-refractivity contribution >= 4 is 52.4 Å². The van der Waals surface area contributed by atoms with E-state index in [1.54, 1.807) is 12.1 Å². The maximum atomic E-state index is 5.69. The number of aliphatic imine (C=N–C) groups is 1. The molecule has 0 fully saturated rings. The molecule has 1 aromatic carbocycles. The number of amidine groups is 1. The molecule has 0 saturated carbocycles. The van der Waals surface area contributed by atoms with Crippen LogP contribution in [0.1, 0.15) is 5.56 Å². The number of methoxy groups -OCH3 is 1. The molecule has 0 aliphatic carbocycles. The number of thioether (sulfide) groups is 1. The van der Waals surface area contributed by atoms with Crippen molar-refractivity contribution in [2.75, 3.05) is 20.4 Å². The lowest BCUT2D eigenvalue weighted by Gasteiger charge is -2.09. The summed E-state index contributed by atoms with van der Waals surface area (Å²) in [6.45, 7) is 0. The van der Waals surface area contributed by atoms with Crippen LogP contribution in [0.2, 0.25) is 0 Å². The zero-order valence-electron chi connectivity index (χ0n) is 11.4. The molecule has 1 aromatic rings. The fraction of sp³-hybridized carbons (Fsp3) is 0.250. The summed E-state index contributed by atoms with van der Waals surface area (Å²) in [5.74, 6) is 1.37. The summed E-state index contributed by atoms with van der Waals surface area (Å²) < 4.78 is 5.36. The number of benzene rings is 1. The van der Waals surface area contributed by atoms with Gasteiger partial charge in [-0.05, 0) is 18.4 Å². The van der Waals surface area contributed by atoms with E-state index in [9.17, 15) is 0 Å². The minimum atomic E-state index is 0. The monoisotopic (exact) mass is 408 g/mol. The van der Waals surface area contributed by atoms with Crippen molar-refractivity contribution in [1.29, 1.82) is 0 Å². The van der Waals surface area contributed by atoms with Crippen molar-refractivity contribution in [3.63, 3.8) is 0 Å². The Morgan fingerprint density at radius 2 is 2.25 bits per heavy atom. The quantitative estimate of drug-likeness (QED) is 0.455. The normalized spacial score (nSPS) is 14.4. The van der Waals surface area contributed by atoms with Crippen LogP contribution in [0.15, 0.2) is 29.4 Å². The molecule has 110 valence electrons. The lowest BCUT2D eigenvalue weighted by Crippen LogP contribution is -2.22. The summed E-state index contributed by atoms with van der Waals surface area (Å²) in [6.07, 6.45) is 3.71. The van der Waals surface area contributed by atoms with Crippen molar-refractivity contribution in [3.05, 3.63) is 30.0 Å². The molecular weight excluding hydrogens is 391 g/mol. The van der Waals surface area contributed by atoms with Crippen LogP contribution in [0.3, 0.4) is 0 Å². The highest BCUT2D eigenvalue weighted by atomic mass is 127. The van der Waals surface area contributed by atoms with E-state index >= 15 is 0 Å². The fourth-order valence-electron chi connectivity index (χ4n) is 1.60. The lowest BCUT2D eigenvalue weighted by molar-refractivity contribution is 0.0647. The van der Waals surface area contributed by atoms with Gasteiger partial charge in [0.2, 0.25) is 0 Å². The zero-order valence-corrected chi connectivity index (χ0v) is 14.6. The molecule has 1 aliphatic rings. The predicted molar refractivity (Wildman–Crippen MR) is 93.2 cm³/mol. The van der Waals surface area contributed by atoms with Gasteiger partial charge in [-0.25, -0.2) is 4.99 Å². The van der Waals surface area contributed by atoms with Gasteiger partial charge < -0.3 is 15.3 Å². The Kier molecular flexibility index (Phi) is 6.43. The first kappa shape index (κ1) is 16.9. The molecule has 0 aromatic heterocycles. The van der Waals surface area contributed by atoms with Gasteiger partial charge in [-0.2, -0.15) is 0 Å². The summed E-state index contributed by atoms with van der Waals surface area (Å²) in [6, 6.07) is 5.57. The third-order valence-electron chi connectivity index (χ3n) is 2.51. The highest BCUT2D eigenvalue weighted by Crippen LogP contribution is 2.32. The zero-order chi connectivity index (χ0) is 13.8. The van der Waals surface area contributed by atoms with Gasteiger partial charge in [0.15, 0.2) is 10.9 Å². The van der Waals surface area contributed by atoms with E-state index in [0.29, 0.717) is 16.7 Å². The molecule has 20 heavy (non-hydrogen) atoms. The lowest BCUT2D eigenvalue weighted by atomic mass is 10.1. The molecule has 2 rings (SSSR count). The minimum absolute atomic E-state index is 0. The molecule has 6 nitrogen and oxygen atoms in total. The predicted octanol–water partition coefficient (Wildman–Crippen LogP) is 2.30. The van der Waals surface area contributed by atoms with Crippen molar-refractivity contribution in [2.45, 2.75) is 0 Å². The molecule has 0 bridgehead atoms. The number of hydrazine groups is 1. The summed E-state index contributed by atoms with van der Waals surface area (Å²) in [5, 5.41) is 2.22. The molecule has 1 aliphatic heterocycles. The highest BCUT2D eigenvalue weighted by molar-refractivity contribution is 14.0. The molecule has 3 N–H and O–H groups in total. The van der Waals surface area contributed by atoms with Crippen LogP contribution in [0.5, 0.6) is 5.75 Å². The van der Waals surface area contributed by atoms with Crippen LogP contribution in [0.4, 0.5) is 5.69 Å². The van der Waals surface area contributed by atoms with E-state index in [2.05, 4.69) is 10.6 Å². The van der Waals surface area contributed by atoms with Gasteiger partial charge in [0, 0.05) is 13.1 Å². The number of nitrogens with one attached hydrogen (secondary N) is 1. The Morgan fingerprint density at radius 3 is 2.80 bits per heavy atom. The standard InChI is InChI=1S/C12H16N4O2S.HI/c1-16-7-11(18-15-16)9-5-4-8(6-10(9)17-2)14-12(13)19-3;/h4-7,15H,1-3H3,(H2,13,14);1H. The van der Waals surface area contributed by atoms with E-state index in [1.807, 2.05) is 37.7 Å². The average Bonchev–Trinajstić information content (AvgIpc) is 2.84. The van der Waals surface area contributed by atoms with Crippen molar-refractivity contribution in [2.24, 2.45) is 10.7 Å². The van der Waals surface area contributed by atoms with E-state index < -0.39 is 0 Å². The second kappa shape index (κ2) is 7.60. The largest absolute Gasteiger partial charge is 0.496 e. The molecule has 8 heteroatoms. The molecule has 0 amide bonds. The third-order valence-corrected chi connectivity index (χ3v) is 3.02. The van der Waals surface area contributed by atoms with Gasteiger partial charge in [0.1, 0.15) is 5.75 Å². The van der Waals surface area contributed by atoms with Gasteiger partial charge in [0.25, 0.3) is 0 Å². The molecule has 0 saturated heterocycles. The van der Waals surface area contributed by atoms with E-state index in [-0.39, 0.29) is 24.0 Å². The van der Waals surface area contributed by atoms with Crippen LogP contribution < -0.4 is 16.1 Å². The van der Waals surface area contributed by atoms with Gasteiger partial charge in [-0.1, -0.05) is 17.4 Å². The van der Waals surface area contributed by atoms with Crippen molar-refractivity contribution in [1.82, 2.24) is 10.6 Å². The summed E-state index contributed by atoms with van der Waals surface area (Å²) in [4.78, 5) is 9.59. The van der Waals surface area contributed by atoms with Crippen LogP contribution >= 0.6 is 35.7 Å². The summed E-state index contributed by atoms with van der Waals surface area (Å²) in [7, 11) is 3.45. The smallest absolute Gasteiger partial charge is 0.177 e. The summed E-state index contributed by atoms with van der Waals surface area (Å²) >= 11 is 1.40. The number of nitrogens with zero attached hydrogens (tertiary/aromatic N) is 2. The molecule has 1 heterocycles. The van der Waals surface area contributed by atoms with Crippen LogP contribution in [-0.2, 0) is 4.84 Å². The first-order chi connectivity index (χ1) is 9.13. The van der Waals surface area contributed by atoms with Crippen molar-refractivity contribution in [3.8, 4) is 5.75 Å². The molecule has 0 radical (unpaired) electrons. The first-order valence-corrected chi connectivity index (χ1v) is 6.80. The topological polar surface area (TPSA) is 72.1 Å². The maximum absolute atomic E-state index is 5.69. The van der Waals surface area contributed by atoms with Crippen LogP contribution in [0.25, 0.3) is 5.76 Å². The number of hydrogen-bond donors (Lipinski definition) is 2. The van der Waals surface area contributed by atoms with Crippen molar-refractivity contribution < 1.29 is 9.57 Å². The SMILES string of the molecule is COc1cc(N=C(N)SC)ccc1C1=CN(C)NO1.I. The van der Waals surface area contributed by atoms with Crippen LogP contribution in [0, 0.1) is 0 Å². The number of hydrogen-bond acceptors (Lipinski definition) is 6. The minimum Gasteiger partial charge on any atom is -0.496 e. The van der Waals surface area contributed by atoms with Gasteiger partial charge in [0.05, 0.1) is 24.6 Å². The van der Waals surface area contributed by atoms with Gasteiger partial charge in [-0.3, -0.25) is 5.01 Å². The molecule has 0 spiro atoms. The Morgan fingerprint density at radius 1 is 1.50 bits per heavy atom. The molecule has 0 atom stereocenters. The second-order valence-electron chi connectivity index (χ2n) is 3.84. The Hall–Kier alpha value is -1.13. The van der Waals surface area contributed by atoms with Gasteiger partial charge >= 0.3 is 0 Å². The van der Waals surface area contributed by atoms with E-state index in [0.717, 1.165) is 11.3 Å². The molecular formula is C12H17IN4O2S. The highest BCUT2D eigenvalue weighted by Gasteiger charge is 2.16. The Bertz CT molecular complexity index is 536. The number of nitrogens with two attached hydrogens (primary N) is 1. The number of ether oxygens (including phenoxy) is 1. The average molecular weight is 408 g/mol. The Balaban J connectivity index is 0.00000200. The van der Waals surface area contributed by atoms with E-state index in [1.165, 1.54) is 11.8 Å². The van der Waals surface area contributed by atoms with Crippen LogP contribution in [-0.4, -0.2) is 30.6 Å². The second-order valence-corrected chi connectivity index (χ2v) is 4.66. The first-order valence-electron chi connectivity index (χ1n) is 5.57. The maximum Gasteiger partial charge on any atom is 0.177 e. The number of rotatable bonds is 3.